The average molecular weight is 378 g/mol. The van der Waals surface area contributed by atoms with Crippen LogP contribution in [0, 0.1) is 3.57 Å². The van der Waals surface area contributed by atoms with Gasteiger partial charge in [-0.15, -0.1) is 0 Å². The Morgan fingerprint density at radius 1 is 1.15 bits per heavy atom. The van der Waals surface area contributed by atoms with Crippen LogP contribution in [-0.2, 0) is 5.41 Å². The molecule has 0 fully saturated rings. The van der Waals surface area contributed by atoms with E-state index >= 15 is 0 Å². The van der Waals surface area contributed by atoms with Gasteiger partial charge < -0.3 is 4.74 Å². The van der Waals surface area contributed by atoms with Crippen LogP contribution in [-0.4, -0.2) is 12.4 Å². The van der Waals surface area contributed by atoms with Crippen molar-refractivity contribution in [3.63, 3.8) is 0 Å². The fourth-order valence-corrected chi connectivity index (χ4v) is 3.00. The molecule has 0 radical (unpaired) electrons. The Hall–Kier alpha value is -1.36. The molecule has 2 nitrogen and oxygen atoms in total. The highest BCUT2D eigenvalue weighted by Gasteiger charge is 2.32. The lowest BCUT2D eigenvalue weighted by Crippen LogP contribution is -2.18. The molecule has 2 aromatic carbocycles. The van der Waals surface area contributed by atoms with Gasteiger partial charge in [0, 0.05) is 25.7 Å². The van der Waals surface area contributed by atoms with Gasteiger partial charge in [-0.1, -0.05) is 26.0 Å². The van der Waals surface area contributed by atoms with E-state index in [1.807, 2.05) is 42.5 Å². The van der Waals surface area contributed by atoms with Crippen molar-refractivity contribution in [1.82, 2.24) is 0 Å². The Balaban J connectivity index is 2.02. The Bertz CT molecular complexity index is 689. The monoisotopic (exact) mass is 378 g/mol. The number of ether oxygens (including phenoxy) is 1. The van der Waals surface area contributed by atoms with E-state index in [9.17, 15) is 4.79 Å². The number of rotatable bonds is 2. The largest absolute Gasteiger partial charge is 0.492 e. The minimum Gasteiger partial charge on any atom is -0.492 e. The van der Waals surface area contributed by atoms with Crippen molar-refractivity contribution in [2.75, 3.05) is 6.61 Å². The van der Waals surface area contributed by atoms with Crippen LogP contribution in [0.3, 0.4) is 0 Å². The molecule has 20 heavy (non-hydrogen) atoms. The SMILES string of the molecule is CC1(C)COc2ccc(C(=O)c3cccc(I)c3)cc21. The first-order chi connectivity index (χ1) is 9.47. The fraction of sp³-hybridized carbons (Fsp3) is 0.235. The summed E-state index contributed by atoms with van der Waals surface area (Å²) in [6.07, 6.45) is 0. The number of ketones is 1. The van der Waals surface area contributed by atoms with E-state index in [1.165, 1.54) is 0 Å². The van der Waals surface area contributed by atoms with E-state index in [0.717, 1.165) is 26.0 Å². The first-order valence-corrected chi connectivity index (χ1v) is 7.63. The van der Waals surface area contributed by atoms with Gasteiger partial charge in [-0.05, 0) is 52.9 Å². The van der Waals surface area contributed by atoms with Gasteiger partial charge >= 0.3 is 0 Å². The number of hydrogen-bond acceptors (Lipinski definition) is 2. The van der Waals surface area contributed by atoms with Crippen LogP contribution < -0.4 is 4.74 Å². The molecule has 3 rings (SSSR count). The minimum absolute atomic E-state index is 0.0310. The summed E-state index contributed by atoms with van der Waals surface area (Å²) in [4.78, 5) is 12.6. The quantitative estimate of drug-likeness (QED) is 0.579. The lowest BCUT2D eigenvalue weighted by Gasteiger charge is -2.15. The van der Waals surface area contributed by atoms with E-state index in [0.29, 0.717) is 6.61 Å². The van der Waals surface area contributed by atoms with Gasteiger partial charge in [0.15, 0.2) is 5.78 Å². The Morgan fingerprint density at radius 2 is 1.90 bits per heavy atom. The summed E-state index contributed by atoms with van der Waals surface area (Å²) in [5.41, 5.74) is 2.54. The maximum Gasteiger partial charge on any atom is 0.193 e. The second-order valence-corrected chi connectivity index (χ2v) is 6.97. The Morgan fingerprint density at radius 3 is 2.65 bits per heavy atom. The molecule has 0 N–H and O–H groups in total. The van der Waals surface area contributed by atoms with Crippen LogP contribution >= 0.6 is 22.6 Å². The number of hydrogen-bond donors (Lipinski definition) is 0. The molecule has 3 heteroatoms. The molecule has 2 aromatic rings. The third-order valence-electron chi connectivity index (χ3n) is 3.65. The minimum atomic E-state index is -0.0310. The van der Waals surface area contributed by atoms with Crippen molar-refractivity contribution < 1.29 is 9.53 Å². The third-order valence-corrected chi connectivity index (χ3v) is 4.32. The summed E-state index contributed by atoms with van der Waals surface area (Å²) < 4.78 is 6.73. The van der Waals surface area contributed by atoms with E-state index in [1.54, 1.807) is 0 Å². The lowest BCUT2D eigenvalue weighted by molar-refractivity contribution is 0.103. The van der Waals surface area contributed by atoms with Crippen LogP contribution in [0.25, 0.3) is 0 Å². The molecular formula is C17H15IO2. The molecule has 102 valence electrons. The maximum absolute atomic E-state index is 12.6. The first-order valence-electron chi connectivity index (χ1n) is 6.55. The van der Waals surface area contributed by atoms with Crippen molar-refractivity contribution in [1.29, 1.82) is 0 Å². The molecule has 0 spiro atoms. The van der Waals surface area contributed by atoms with Crippen LogP contribution in [0.4, 0.5) is 0 Å². The highest BCUT2D eigenvalue weighted by atomic mass is 127. The molecule has 0 saturated carbocycles. The number of carbonyl (C=O) groups is 1. The molecule has 0 amide bonds. The molecule has 0 bridgehead atoms. The number of fused-ring (bicyclic) bond motifs is 1. The van der Waals surface area contributed by atoms with Crippen molar-refractivity contribution in [2.24, 2.45) is 0 Å². The summed E-state index contributed by atoms with van der Waals surface area (Å²) in [6.45, 7) is 4.94. The van der Waals surface area contributed by atoms with E-state index in [2.05, 4.69) is 36.4 Å². The van der Waals surface area contributed by atoms with E-state index < -0.39 is 0 Å². The van der Waals surface area contributed by atoms with E-state index in [4.69, 9.17) is 4.74 Å². The van der Waals surface area contributed by atoms with Gasteiger partial charge in [0.05, 0.1) is 6.61 Å². The summed E-state index contributed by atoms with van der Waals surface area (Å²) in [5, 5.41) is 0. The van der Waals surface area contributed by atoms with Crippen molar-refractivity contribution in [3.8, 4) is 5.75 Å². The van der Waals surface area contributed by atoms with Gasteiger partial charge in [-0.25, -0.2) is 0 Å². The second-order valence-electron chi connectivity index (χ2n) is 5.72. The summed E-state index contributed by atoms with van der Waals surface area (Å²) in [6, 6.07) is 13.4. The standard InChI is InChI=1S/C17H15IO2/c1-17(2)10-20-15-7-6-12(9-14(15)17)16(19)11-4-3-5-13(18)8-11/h3-9H,10H2,1-2H3. The molecule has 1 aliphatic rings. The third kappa shape index (κ3) is 2.35. The summed E-state index contributed by atoms with van der Waals surface area (Å²) >= 11 is 2.22. The van der Waals surface area contributed by atoms with E-state index in [-0.39, 0.29) is 11.2 Å². The second kappa shape index (κ2) is 4.88. The topological polar surface area (TPSA) is 26.3 Å². The van der Waals surface area contributed by atoms with Crippen LogP contribution in [0.2, 0.25) is 0 Å². The summed E-state index contributed by atoms with van der Waals surface area (Å²) in [5.74, 6) is 0.961. The zero-order valence-corrected chi connectivity index (χ0v) is 13.6. The average Bonchev–Trinajstić information content (AvgIpc) is 2.73. The molecule has 0 aliphatic carbocycles. The Kier molecular flexibility index (Phi) is 3.32. The normalized spacial score (nSPS) is 15.6. The number of carbonyl (C=O) groups excluding carboxylic acids is 1. The summed E-state index contributed by atoms with van der Waals surface area (Å²) in [7, 11) is 0. The van der Waals surface area contributed by atoms with Gasteiger partial charge in [0.25, 0.3) is 0 Å². The molecular weight excluding hydrogens is 363 g/mol. The zero-order valence-electron chi connectivity index (χ0n) is 11.4. The lowest BCUT2D eigenvalue weighted by atomic mass is 9.85. The maximum atomic E-state index is 12.6. The Labute approximate surface area is 132 Å². The van der Waals surface area contributed by atoms with Crippen molar-refractivity contribution in [3.05, 3.63) is 62.7 Å². The zero-order chi connectivity index (χ0) is 14.3. The van der Waals surface area contributed by atoms with Crippen molar-refractivity contribution >= 4 is 28.4 Å². The van der Waals surface area contributed by atoms with Crippen LogP contribution in [0.1, 0.15) is 35.3 Å². The molecule has 0 saturated heterocycles. The predicted octanol–water partition coefficient (Wildman–Crippen LogP) is 4.19. The van der Waals surface area contributed by atoms with Gasteiger partial charge in [0.1, 0.15) is 5.75 Å². The molecule has 0 unspecified atom stereocenters. The fourth-order valence-electron chi connectivity index (χ4n) is 2.46. The smallest absolute Gasteiger partial charge is 0.193 e. The number of benzene rings is 2. The number of halogens is 1. The van der Waals surface area contributed by atoms with Crippen molar-refractivity contribution in [2.45, 2.75) is 19.3 Å². The highest BCUT2D eigenvalue weighted by molar-refractivity contribution is 14.1. The predicted molar refractivity (Wildman–Crippen MR) is 87.6 cm³/mol. The van der Waals surface area contributed by atoms with Crippen LogP contribution in [0.5, 0.6) is 5.75 Å². The first kappa shape index (κ1) is 13.6. The van der Waals surface area contributed by atoms with Crippen LogP contribution in [0.15, 0.2) is 42.5 Å². The molecule has 1 aliphatic heterocycles. The molecule has 0 aromatic heterocycles. The van der Waals surface area contributed by atoms with Gasteiger partial charge in [-0.2, -0.15) is 0 Å². The molecule has 0 atom stereocenters. The van der Waals surface area contributed by atoms with Gasteiger partial charge in [0.2, 0.25) is 0 Å². The molecule has 1 heterocycles. The van der Waals surface area contributed by atoms with Gasteiger partial charge in [-0.3, -0.25) is 4.79 Å². The highest BCUT2D eigenvalue weighted by Crippen LogP contribution is 2.38.